The largest absolute Gasteiger partial charge is 0.355 e. The summed E-state index contributed by atoms with van der Waals surface area (Å²) in [5, 5.41) is 9.86. The van der Waals surface area contributed by atoms with Gasteiger partial charge in [0.1, 0.15) is 0 Å². The number of hydrogen-bond donors (Lipinski definition) is 2. The van der Waals surface area contributed by atoms with E-state index in [1.807, 2.05) is 6.07 Å². The van der Waals surface area contributed by atoms with E-state index >= 15 is 0 Å². The number of amides is 1. The molecule has 2 N–H and O–H groups in total. The smallest absolute Gasteiger partial charge is 0.260 e. The molecule has 8 nitrogen and oxygen atoms in total. The number of likely N-dealkylation sites (N-methyl/N-ethyl adjacent to an activating group) is 1. The number of benzene rings is 1. The third-order valence-electron chi connectivity index (χ3n) is 2.87. The van der Waals surface area contributed by atoms with Crippen LogP contribution >= 0.6 is 0 Å². The van der Waals surface area contributed by atoms with Crippen LogP contribution in [0, 0.1) is 0 Å². The summed E-state index contributed by atoms with van der Waals surface area (Å²) in [4.78, 5) is 11.7. The number of nitrogens with zero attached hydrogens (tertiary/aromatic N) is 3. The Kier molecular flexibility index (Phi) is 4.88. The van der Waals surface area contributed by atoms with Gasteiger partial charge in [0.15, 0.2) is 5.03 Å². The molecule has 1 aromatic heterocycles. The summed E-state index contributed by atoms with van der Waals surface area (Å²) in [5.74, 6) is -0.398. The quantitative estimate of drug-likeness (QED) is 0.782. The van der Waals surface area contributed by atoms with E-state index in [0.29, 0.717) is 12.2 Å². The van der Waals surface area contributed by atoms with Gasteiger partial charge in [-0.05, 0) is 26.0 Å². The monoisotopic (exact) mass is 323 g/mol. The molecular formula is C13H17N5O3S. The van der Waals surface area contributed by atoms with Crippen molar-refractivity contribution in [2.24, 2.45) is 0 Å². The molecule has 0 spiro atoms. The molecular weight excluding hydrogens is 306 g/mol. The number of carbonyl (C=O) groups is 1. The Labute approximate surface area is 128 Å². The highest BCUT2D eigenvalue weighted by molar-refractivity contribution is 7.89. The van der Waals surface area contributed by atoms with Crippen LogP contribution in [0.4, 0.5) is 0 Å². The molecule has 0 unspecified atom stereocenters. The third kappa shape index (κ3) is 3.49. The van der Waals surface area contributed by atoms with Crippen molar-refractivity contribution in [3.8, 4) is 5.69 Å². The molecule has 0 saturated heterocycles. The predicted octanol–water partition coefficient (Wildman–Crippen LogP) is 0.0702. The lowest BCUT2D eigenvalue weighted by molar-refractivity contribution is -0.122. The molecule has 1 aromatic carbocycles. The Morgan fingerprint density at radius 3 is 2.64 bits per heavy atom. The van der Waals surface area contributed by atoms with Crippen LogP contribution in [-0.2, 0) is 14.8 Å². The highest BCUT2D eigenvalue weighted by Crippen LogP contribution is 2.13. The van der Waals surface area contributed by atoms with E-state index in [1.54, 1.807) is 31.2 Å². The second-order valence-corrected chi connectivity index (χ2v) is 6.22. The lowest BCUT2D eigenvalue weighted by Crippen LogP contribution is -2.45. The molecule has 0 bridgehead atoms. The molecule has 22 heavy (non-hydrogen) atoms. The summed E-state index contributed by atoms with van der Waals surface area (Å²) in [6.07, 6.45) is 1.14. The highest BCUT2D eigenvalue weighted by Gasteiger charge is 2.26. The van der Waals surface area contributed by atoms with Crippen LogP contribution < -0.4 is 10.0 Å². The zero-order valence-corrected chi connectivity index (χ0v) is 13.0. The normalized spacial score (nSPS) is 12.8. The minimum Gasteiger partial charge on any atom is -0.355 e. The first-order valence-corrected chi connectivity index (χ1v) is 8.20. The number of hydrogen-bond acceptors (Lipinski definition) is 5. The van der Waals surface area contributed by atoms with E-state index in [-0.39, 0.29) is 5.03 Å². The van der Waals surface area contributed by atoms with Crippen molar-refractivity contribution >= 4 is 15.9 Å². The van der Waals surface area contributed by atoms with Crippen LogP contribution in [0.3, 0.4) is 0 Å². The SMILES string of the molecule is CCNC(=O)[C@@H](C)NS(=O)(=O)c1cnnn1-c1ccccc1. The lowest BCUT2D eigenvalue weighted by Gasteiger charge is -2.14. The molecule has 2 aromatic rings. The van der Waals surface area contributed by atoms with Crippen molar-refractivity contribution < 1.29 is 13.2 Å². The average molecular weight is 323 g/mol. The van der Waals surface area contributed by atoms with Crippen LogP contribution in [0.25, 0.3) is 5.69 Å². The van der Waals surface area contributed by atoms with Crippen molar-refractivity contribution in [1.82, 2.24) is 25.0 Å². The number of carbonyl (C=O) groups excluding carboxylic acids is 1. The maximum absolute atomic E-state index is 12.4. The van der Waals surface area contributed by atoms with E-state index in [9.17, 15) is 13.2 Å². The van der Waals surface area contributed by atoms with Crippen molar-refractivity contribution in [3.63, 3.8) is 0 Å². The molecule has 0 aliphatic carbocycles. The molecule has 0 saturated carbocycles. The van der Waals surface area contributed by atoms with E-state index in [1.165, 1.54) is 11.6 Å². The van der Waals surface area contributed by atoms with Crippen LogP contribution in [0.5, 0.6) is 0 Å². The number of sulfonamides is 1. The molecule has 0 aliphatic heterocycles. The first-order chi connectivity index (χ1) is 10.5. The summed E-state index contributed by atoms with van der Waals surface area (Å²) in [7, 11) is -3.93. The molecule has 1 atom stereocenters. The van der Waals surface area contributed by atoms with Gasteiger partial charge in [-0.3, -0.25) is 4.79 Å². The van der Waals surface area contributed by atoms with Crippen molar-refractivity contribution in [2.45, 2.75) is 24.9 Å². The van der Waals surface area contributed by atoms with Gasteiger partial charge in [0.05, 0.1) is 17.9 Å². The first kappa shape index (κ1) is 16.1. The van der Waals surface area contributed by atoms with Crippen LogP contribution in [0.1, 0.15) is 13.8 Å². The summed E-state index contributed by atoms with van der Waals surface area (Å²) >= 11 is 0. The summed E-state index contributed by atoms with van der Waals surface area (Å²) in [5.41, 5.74) is 0.561. The Morgan fingerprint density at radius 2 is 2.00 bits per heavy atom. The summed E-state index contributed by atoms with van der Waals surface area (Å²) < 4.78 is 28.3. The Balaban J connectivity index is 2.28. The van der Waals surface area contributed by atoms with Gasteiger partial charge in [0, 0.05) is 6.54 Å². The number of para-hydroxylation sites is 1. The molecule has 0 fully saturated rings. The van der Waals surface area contributed by atoms with E-state index in [2.05, 4.69) is 20.4 Å². The minimum absolute atomic E-state index is 0.130. The topological polar surface area (TPSA) is 106 Å². The van der Waals surface area contributed by atoms with Crippen LogP contribution in [-0.4, -0.2) is 41.9 Å². The van der Waals surface area contributed by atoms with Gasteiger partial charge in [-0.15, -0.1) is 5.10 Å². The van der Waals surface area contributed by atoms with Crippen molar-refractivity contribution in [2.75, 3.05) is 6.54 Å². The Bertz CT molecular complexity index is 742. The lowest BCUT2D eigenvalue weighted by atomic mass is 10.3. The molecule has 1 amide bonds. The molecule has 1 heterocycles. The fourth-order valence-electron chi connectivity index (χ4n) is 1.83. The van der Waals surface area contributed by atoms with Crippen LogP contribution in [0.2, 0.25) is 0 Å². The molecule has 2 rings (SSSR count). The fraction of sp³-hybridized carbons (Fsp3) is 0.308. The van der Waals surface area contributed by atoms with E-state index in [4.69, 9.17) is 0 Å². The number of nitrogens with one attached hydrogen (secondary N) is 2. The average Bonchev–Trinajstić information content (AvgIpc) is 2.98. The Morgan fingerprint density at radius 1 is 1.32 bits per heavy atom. The summed E-state index contributed by atoms with van der Waals surface area (Å²) in [6.45, 7) is 3.65. The maximum Gasteiger partial charge on any atom is 0.260 e. The van der Waals surface area contributed by atoms with E-state index < -0.39 is 22.0 Å². The number of rotatable bonds is 6. The zero-order chi connectivity index (χ0) is 16.2. The molecule has 9 heteroatoms. The predicted molar refractivity (Wildman–Crippen MR) is 79.8 cm³/mol. The number of aromatic nitrogens is 3. The van der Waals surface area contributed by atoms with Crippen molar-refractivity contribution in [3.05, 3.63) is 36.5 Å². The van der Waals surface area contributed by atoms with Crippen molar-refractivity contribution in [1.29, 1.82) is 0 Å². The van der Waals surface area contributed by atoms with Gasteiger partial charge in [-0.25, -0.2) is 13.1 Å². The fourth-order valence-corrected chi connectivity index (χ4v) is 3.08. The van der Waals surface area contributed by atoms with E-state index in [0.717, 1.165) is 6.20 Å². The standard InChI is InChI=1S/C13H17N5O3S/c1-3-14-13(19)10(2)16-22(20,21)12-9-15-17-18(12)11-7-5-4-6-8-11/h4-10,16H,3H2,1-2H3,(H,14,19)/t10-/m1/s1. The van der Waals surface area contributed by atoms with Gasteiger partial charge in [0.2, 0.25) is 5.91 Å². The minimum atomic E-state index is -3.93. The van der Waals surface area contributed by atoms with Gasteiger partial charge in [-0.2, -0.15) is 4.72 Å². The third-order valence-corrected chi connectivity index (χ3v) is 4.36. The van der Waals surface area contributed by atoms with Crippen LogP contribution in [0.15, 0.2) is 41.6 Å². The van der Waals surface area contributed by atoms with Gasteiger partial charge < -0.3 is 5.32 Å². The Hall–Kier alpha value is -2.26. The molecule has 0 radical (unpaired) electrons. The van der Waals surface area contributed by atoms with Gasteiger partial charge in [-0.1, -0.05) is 23.4 Å². The highest BCUT2D eigenvalue weighted by atomic mass is 32.2. The second-order valence-electron chi connectivity index (χ2n) is 4.56. The molecule has 0 aliphatic rings. The maximum atomic E-state index is 12.4. The first-order valence-electron chi connectivity index (χ1n) is 6.72. The van der Waals surface area contributed by atoms with Gasteiger partial charge >= 0.3 is 0 Å². The second kappa shape index (κ2) is 6.67. The molecule has 118 valence electrons. The van der Waals surface area contributed by atoms with Gasteiger partial charge in [0.25, 0.3) is 10.0 Å². The summed E-state index contributed by atoms with van der Waals surface area (Å²) in [6, 6.07) is 7.85. The zero-order valence-electron chi connectivity index (χ0n) is 12.2.